The van der Waals surface area contributed by atoms with E-state index in [2.05, 4.69) is 4.90 Å². The van der Waals surface area contributed by atoms with Crippen LogP contribution in [0.5, 0.6) is 0 Å². The Bertz CT molecular complexity index is 347. The molecule has 0 aromatic heterocycles. The van der Waals surface area contributed by atoms with Gasteiger partial charge in [-0.05, 0) is 37.8 Å². The zero-order valence-corrected chi connectivity index (χ0v) is 11.8. The summed E-state index contributed by atoms with van der Waals surface area (Å²) in [5, 5.41) is 10.1. The second-order valence-corrected chi connectivity index (χ2v) is 5.35. The Morgan fingerprint density at radius 1 is 1.26 bits per heavy atom. The van der Waals surface area contributed by atoms with Crippen LogP contribution in [0.4, 0.5) is 0 Å². The summed E-state index contributed by atoms with van der Waals surface area (Å²) in [6.45, 7) is 3.33. The molecule has 1 heterocycles. The van der Waals surface area contributed by atoms with Crippen LogP contribution in [-0.2, 0) is 4.74 Å². The van der Waals surface area contributed by atoms with E-state index in [0.717, 1.165) is 50.9 Å². The van der Waals surface area contributed by atoms with E-state index in [4.69, 9.17) is 4.74 Å². The van der Waals surface area contributed by atoms with E-state index in [1.165, 1.54) is 0 Å². The largest absolute Gasteiger partial charge is 0.388 e. The lowest BCUT2D eigenvalue weighted by molar-refractivity contribution is 0.0394. The highest BCUT2D eigenvalue weighted by atomic mass is 16.5. The Hall–Kier alpha value is -0.900. The standard InChI is InChI=1S/C16H25NO2/c1-19-15-9-12-17(13-10-15)11-5-8-16(18)14-6-3-2-4-7-14/h2-4,6-7,15-16,18H,5,8-13H2,1H3. The number of methoxy groups -OCH3 is 1. The summed E-state index contributed by atoms with van der Waals surface area (Å²) in [5.41, 5.74) is 1.03. The number of ether oxygens (including phenoxy) is 1. The minimum atomic E-state index is -0.322. The molecule has 0 amide bonds. The molecule has 0 radical (unpaired) electrons. The quantitative estimate of drug-likeness (QED) is 0.856. The van der Waals surface area contributed by atoms with Crippen molar-refractivity contribution in [3.05, 3.63) is 35.9 Å². The highest BCUT2D eigenvalue weighted by Gasteiger charge is 2.18. The zero-order valence-electron chi connectivity index (χ0n) is 11.8. The van der Waals surface area contributed by atoms with Crippen LogP contribution in [0.3, 0.4) is 0 Å². The van der Waals surface area contributed by atoms with Gasteiger partial charge in [-0.15, -0.1) is 0 Å². The first-order chi connectivity index (χ1) is 9.29. The van der Waals surface area contributed by atoms with E-state index in [9.17, 15) is 5.11 Å². The Kier molecular flexibility index (Phi) is 5.83. The average Bonchev–Trinajstić information content (AvgIpc) is 2.49. The monoisotopic (exact) mass is 263 g/mol. The molecule has 1 aromatic carbocycles. The number of aliphatic hydroxyl groups excluding tert-OH is 1. The molecule has 0 saturated carbocycles. The van der Waals surface area contributed by atoms with Crippen LogP contribution in [-0.4, -0.2) is 42.9 Å². The van der Waals surface area contributed by atoms with E-state index in [1.54, 1.807) is 7.11 Å². The molecule has 1 fully saturated rings. The summed E-state index contributed by atoms with van der Waals surface area (Å²) >= 11 is 0. The summed E-state index contributed by atoms with van der Waals surface area (Å²) in [6.07, 6.45) is 4.29. The minimum Gasteiger partial charge on any atom is -0.388 e. The van der Waals surface area contributed by atoms with Crippen LogP contribution in [0, 0.1) is 0 Å². The van der Waals surface area contributed by atoms with Crippen molar-refractivity contribution < 1.29 is 9.84 Å². The molecular formula is C16H25NO2. The van der Waals surface area contributed by atoms with Crippen molar-refractivity contribution >= 4 is 0 Å². The number of nitrogens with zero attached hydrogens (tertiary/aromatic N) is 1. The van der Waals surface area contributed by atoms with Crippen LogP contribution in [0.1, 0.15) is 37.4 Å². The lowest BCUT2D eigenvalue weighted by atomic mass is 10.0. The van der Waals surface area contributed by atoms with Gasteiger partial charge in [-0.25, -0.2) is 0 Å². The topological polar surface area (TPSA) is 32.7 Å². The maximum Gasteiger partial charge on any atom is 0.0790 e. The number of aliphatic hydroxyl groups is 1. The van der Waals surface area contributed by atoms with Gasteiger partial charge in [-0.3, -0.25) is 0 Å². The molecule has 2 rings (SSSR count). The highest BCUT2D eigenvalue weighted by Crippen LogP contribution is 2.19. The summed E-state index contributed by atoms with van der Waals surface area (Å²) in [7, 11) is 1.80. The van der Waals surface area contributed by atoms with Gasteiger partial charge in [0.05, 0.1) is 12.2 Å². The fourth-order valence-electron chi connectivity index (χ4n) is 2.72. The number of rotatable bonds is 6. The molecule has 1 aliphatic rings. The number of hydrogen-bond donors (Lipinski definition) is 1. The van der Waals surface area contributed by atoms with E-state index in [-0.39, 0.29) is 6.10 Å². The Balaban J connectivity index is 1.64. The van der Waals surface area contributed by atoms with E-state index in [1.807, 2.05) is 30.3 Å². The van der Waals surface area contributed by atoms with Gasteiger partial charge in [-0.2, -0.15) is 0 Å². The van der Waals surface area contributed by atoms with Crippen molar-refractivity contribution in [2.75, 3.05) is 26.7 Å². The van der Waals surface area contributed by atoms with Gasteiger partial charge < -0.3 is 14.7 Å². The highest BCUT2D eigenvalue weighted by molar-refractivity contribution is 5.16. The lowest BCUT2D eigenvalue weighted by Crippen LogP contribution is -2.37. The third-order valence-electron chi connectivity index (χ3n) is 4.00. The molecule has 19 heavy (non-hydrogen) atoms. The molecule has 1 N–H and O–H groups in total. The van der Waals surface area contributed by atoms with Crippen molar-refractivity contribution in [3.63, 3.8) is 0 Å². The predicted octanol–water partition coefficient (Wildman–Crippen LogP) is 2.61. The molecule has 0 aliphatic carbocycles. The van der Waals surface area contributed by atoms with Crippen LogP contribution in [0.25, 0.3) is 0 Å². The lowest BCUT2D eigenvalue weighted by Gasteiger charge is -2.31. The van der Waals surface area contributed by atoms with Crippen LogP contribution in [0.2, 0.25) is 0 Å². The second kappa shape index (κ2) is 7.63. The summed E-state index contributed by atoms with van der Waals surface area (Å²) in [5.74, 6) is 0. The van der Waals surface area contributed by atoms with Gasteiger partial charge in [0.15, 0.2) is 0 Å². The maximum atomic E-state index is 10.1. The smallest absolute Gasteiger partial charge is 0.0790 e. The fourth-order valence-corrected chi connectivity index (χ4v) is 2.72. The van der Waals surface area contributed by atoms with Gasteiger partial charge in [0.25, 0.3) is 0 Å². The number of likely N-dealkylation sites (tertiary alicyclic amines) is 1. The summed E-state index contributed by atoms with van der Waals surface area (Å²) in [4.78, 5) is 2.48. The molecule has 3 heteroatoms. The molecular weight excluding hydrogens is 238 g/mol. The molecule has 1 aromatic rings. The predicted molar refractivity (Wildman–Crippen MR) is 77.1 cm³/mol. The zero-order chi connectivity index (χ0) is 13.5. The van der Waals surface area contributed by atoms with Crippen molar-refractivity contribution in [2.24, 2.45) is 0 Å². The third kappa shape index (κ3) is 4.60. The second-order valence-electron chi connectivity index (χ2n) is 5.35. The Morgan fingerprint density at radius 3 is 2.58 bits per heavy atom. The fraction of sp³-hybridized carbons (Fsp3) is 0.625. The van der Waals surface area contributed by atoms with Gasteiger partial charge in [0, 0.05) is 20.2 Å². The number of hydrogen-bond acceptors (Lipinski definition) is 3. The van der Waals surface area contributed by atoms with Crippen molar-refractivity contribution in [1.82, 2.24) is 4.90 Å². The number of benzene rings is 1. The normalized spacial score (nSPS) is 19.5. The van der Waals surface area contributed by atoms with Gasteiger partial charge in [-0.1, -0.05) is 30.3 Å². The number of piperidine rings is 1. The van der Waals surface area contributed by atoms with Crippen LogP contribution < -0.4 is 0 Å². The van der Waals surface area contributed by atoms with Crippen molar-refractivity contribution in [3.8, 4) is 0 Å². The first-order valence-electron chi connectivity index (χ1n) is 7.27. The maximum absolute atomic E-state index is 10.1. The van der Waals surface area contributed by atoms with Crippen molar-refractivity contribution in [1.29, 1.82) is 0 Å². The van der Waals surface area contributed by atoms with E-state index < -0.39 is 0 Å². The molecule has 1 unspecified atom stereocenters. The Morgan fingerprint density at radius 2 is 1.95 bits per heavy atom. The van der Waals surface area contributed by atoms with Gasteiger partial charge >= 0.3 is 0 Å². The summed E-state index contributed by atoms with van der Waals surface area (Å²) in [6, 6.07) is 9.93. The molecule has 1 saturated heterocycles. The van der Waals surface area contributed by atoms with Gasteiger partial charge in [0.2, 0.25) is 0 Å². The first kappa shape index (κ1) is 14.5. The third-order valence-corrected chi connectivity index (χ3v) is 4.00. The van der Waals surface area contributed by atoms with Crippen LogP contribution in [0.15, 0.2) is 30.3 Å². The van der Waals surface area contributed by atoms with Crippen LogP contribution >= 0.6 is 0 Å². The molecule has 0 spiro atoms. The minimum absolute atomic E-state index is 0.322. The Labute approximate surface area is 116 Å². The molecule has 3 nitrogen and oxygen atoms in total. The molecule has 106 valence electrons. The average molecular weight is 263 g/mol. The van der Waals surface area contributed by atoms with E-state index in [0.29, 0.717) is 6.10 Å². The van der Waals surface area contributed by atoms with Crippen molar-refractivity contribution in [2.45, 2.75) is 37.9 Å². The molecule has 1 aliphatic heterocycles. The van der Waals surface area contributed by atoms with E-state index >= 15 is 0 Å². The molecule has 0 bridgehead atoms. The summed E-state index contributed by atoms with van der Waals surface area (Å²) < 4.78 is 5.37. The first-order valence-corrected chi connectivity index (χ1v) is 7.27. The SMILES string of the molecule is COC1CCN(CCCC(O)c2ccccc2)CC1. The van der Waals surface area contributed by atoms with Gasteiger partial charge in [0.1, 0.15) is 0 Å². The molecule has 1 atom stereocenters.